The standard InChI is InChI=1S/C24H29N3O2/c1-25-11-13-26(14-12-25)20-7-8-21-19-9-10-27(23(15-19)22(21)16-20)24(28)29-17-18-5-3-2-4-6-18/h2-8,16,19,23H,9-15,17H2,1H3/t19-,23?/m1/s1. The van der Waals surface area contributed by atoms with Gasteiger partial charge in [-0.15, -0.1) is 0 Å². The summed E-state index contributed by atoms with van der Waals surface area (Å²) in [5.41, 5.74) is 5.09. The van der Waals surface area contributed by atoms with Crippen LogP contribution in [0.25, 0.3) is 0 Å². The topological polar surface area (TPSA) is 36.0 Å². The van der Waals surface area contributed by atoms with Crippen LogP contribution in [0.1, 0.15) is 41.5 Å². The normalized spacial score (nSPS) is 23.8. The lowest BCUT2D eigenvalue weighted by molar-refractivity contribution is 0.0694. The van der Waals surface area contributed by atoms with Crippen molar-refractivity contribution in [2.24, 2.45) is 0 Å². The highest BCUT2D eigenvalue weighted by Crippen LogP contribution is 2.50. The largest absolute Gasteiger partial charge is 0.445 e. The Labute approximate surface area is 172 Å². The number of hydrogen-bond acceptors (Lipinski definition) is 4. The molecule has 3 aliphatic rings. The maximum atomic E-state index is 12.9. The first-order chi connectivity index (χ1) is 14.2. The Hall–Kier alpha value is -2.53. The van der Waals surface area contributed by atoms with Crippen LogP contribution in [0.3, 0.4) is 0 Å². The summed E-state index contributed by atoms with van der Waals surface area (Å²) in [5.74, 6) is 0.578. The van der Waals surface area contributed by atoms with Crippen molar-refractivity contribution >= 4 is 11.8 Å². The molecule has 1 aliphatic carbocycles. The van der Waals surface area contributed by atoms with Gasteiger partial charge < -0.3 is 19.4 Å². The molecule has 2 aliphatic heterocycles. The first-order valence-electron chi connectivity index (χ1n) is 10.7. The predicted molar refractivity (Wildman–Crippen MR) is 114 cm³/mol. The summed E-state index contributed by atoms with van der Waals surface area (Å²) in [7, 11) is 2.18. The van der Waals surface area contributed by atoms with Crippen LogP contribution in [-0.4, -0.2) is 55.7 Å². The van der Waals surface area contributed by atoms with Crippen molar-refractivity contribution in [2.45, 2.75) is 31.4 Å². The molecule has 0 saturated carbocycles. The molecule has 2 fully saturated rings. The van der Waals surface area contributed by atoms with Gasteiger partial charge in [0.05, 0.1) is 6.04 Å². The van der Waals surface area contributed by atoms with Crippen molar-refractivity contribution in [3.8, 4) is 0 Å². The van der Waals surface area contributed by atoms with Crippen molar-refractivity contribution in [1.29, 1.82) is 0 Å². The molecule has 2 bridgehead atoms. The molecule has 0 N–H and O–H groups in total. The van der Waals surface area contributed by atoms with E-state index in [0.29, 0.717) is 12.5 Å². The molecule has 1 amide bonds. The molecule has 2 atom stereocenters. The van der Waals surface area contributed by atoms with E-state index in [1.807, 2.05) is 35.2 Å². The van der Waals surface area contributed by atoms with E-state index in [9.17, 15) is 4.79 Å². The van der Waals surface area contributed by atoms with E-state index in [1.165, 1.54) is 16.8 Å². The molecule has 5 nitrogen and oxygen atoms in total. The van der Waals surface area contributed by atoms with E-state index in [4.69, 9.17) is 4.74 Å². The fourth-order valence-corrected chi connectivity index (χ4v) is 5.05. The monoisotopic (exact) mass is 391 g/mol. The number of hydrogen-bond donors (Lipinski definition) is 0. The Kier molecular flexibility index (Phi) is 4.92. The summed E-state index contributed by atoms with van der Waals surface area (Å²) in [5, 5.41) is 0. The molecule has 5 heteroatoms. The number of anilines is 1. The fraction of sp³-hybridized carbons (Fsp3) is 0.458. The van der Waals surface area contributed by atoms with Gasteiger partial charge in [-0.05, 0) is 54.6 Å². The molecule has 2 saturated heterocycles. The number of ether oxygens (including phenoxy) is 1. The van der Waals surface area contributed by atoms with Gasteiger partial charge in [0.15, 0.2) is 0 Å². The highest BCUT2D eigenvalue weighted by atomic mass is 16.6. The number of benzene rings is 2. The minimum Gasteiger partial charge on any atom is -0.445 e. The average molecular weight is 392 g/mol. The lowest BCUT2D eigenvalue weighted by atomic mass is 9.96. The van der Waals surface area contributed by atoms with E-state index in [0.717, 1.165) is 51.1 Å². The number of carbonyl (C=O) groups excluding carboxylic acids is 1. The number of nitrogens with zero attached hydrogens (tertiary/aromatic N) is 3. The van der Waals surface area contributed by atoms with Crippen molar-refractivity contribution < 1.29 is 9.53 Å². The summed E-state index contributed by atoms with van der Waals surface area (Å²) in [4.78, 5) is 19.7. The number of rotatable bonds is 3. The Morgan fingerprint density at radius 1 is 1.00 bits per heavy atom. The molecule has 2 aromatic carbocycles. The van der Waals surface area contributed by atoms with Crippen LogP contribution in [0.2, 0.25) is 0 Å². The number of likely N-dealkylation sites (N-methyl/N-ethyl adjacent to an activating group) is 1. The second-order valence-corrected chi connectivity index (χ2v) is 8.57. The van der Waals surface area contributed by atoms with Gasteiger partial charge in [-0.1, -0.05) is 36.4 Å². The van der Waals surface area contributed by atoms with Gasteiger partial charge in [0.2, 0.25) is 0 Å². The molecule has 152 valence electrons. The number of carbonyl (C=O) groups is 1. The number of piperidine rings is 1. The summed E-state index contributed by atoms with van der Waals surface area (Å²) >= 11 is 0. The van der Waals surface area contributed by atoms with E-state index < -0.39 is 0 Å². The van der Waals surface area contributed by atoms with E-state index in [1.54, 1.807) is 0 Å². The van der Waals surface area contributed by atoms with Gasteiger partial charge in [-0.3, -0.25) is 0 Å². The van der Waals surface area contributed by atoms with Gasteiger partial charge in [0, 0.05) is 38.4 Å². The Morgan fingerprint density at radius 3 is 2.59 bits per heavy atom. The number of amides is 1. The Balaban J connectivity index is 1.32. The maximum Gasteiger partial charge on any atom is 0.410 e. The van der Waals surface area contributed by atoms with Crippen LogP contribution < -0.4 is 4.90 Å². The van der Waals surface area contributed by atoms with Crippen LogP contribution >= 0.6 is 0 Å². The molecule has 0 spiro atoms. The molecule has 0 radical (unpaired) electrons. The van der Waals surface area contributed by atoms with Crippen LogP contribution in [-0.2, 0) is 11.3 Å². The van der Waals surface area contributed by atoms with Crippen LogP contribution in [0, 0.1) is 0 Å². The predicted octanol–water partition coefficient (Wildman–Crippen LogP) is 4.01. The van der Waals surface area contributed by atoms with Gasteiger partial charge in [0.1, 0.15) is 6.61 Å². The van der Waals surface area contributed by atoms with Gasteiger partial charge >= 0.3 is 6.09 Å². The highest BCUT2D eigenvalue weighted by molar-refractivity contribution is 5.70. The van der Waals surface area contributed by atoms with Crippen molar-refractivity contribution in [3.63, 3.8) is 0 Å². The Bertz CT molecular complexity index is 877. The van der Waals surface area contributed by atoms with Crippen molar-refractivity contribution in [1.82, 2.24) is 9.80 Å². The maximum absolute atomic E-state index is 12.9. The first kappa shape index (κ1) is 18.5. The summed E-state index contributed by atoms with van der Waals surface area (Å²) < 4.78 is 5.66. The lowest BCUT2D eigenvalue weighted by Crippen LogP contribution is -2.44. The SMILES string of the molecule is CN1CCN(c2ccc3c(c2)C2C[C@H]3CCN2C(=O)OCc2ccccc2)CC1. The third-order valence-electron chi connectivity index (χ3n) is 6.78. The summed E-state index contributed by atoms with van der Waals surface area (Å²) in [6.45, 7) is 5.43. The minimum atomic E-state index is -0.185. The summed E-state index contributed by atoms with van der Waals surface area (Å²) in [6, 6.07) is 17.0. The van der Waals surface area contributed by atoms with E-state index in [-0.39, 0.29) is 12.1 Å². The number of fused-ring (bicyclic) bond motifs is 5. The molecule has 29 heavy (non-hydrogen) atoms. The third kappa shape index (κ3) is 3.60. The van der Waals surface area contributed by atoms with Crippen molar-refractivity contribution in [2.75, 3.05) is 44.7 Å². The zero-order chi connectivity index (χ0) is 19.8. The average Bonchev–Trinajstić information content (AvgIpc) is 3.05. The first-order valence-corrected chi connectivity index (χ1v) is 10.7. The Morgan fingerprint density at radius 2 is 1.79 bits per heavy atom. The van der Waals surface area contributed by atoms with Crippen LogP contribution in [0.5, 0.6) is 0 Å². The van der Waals surface area contributed by atoms with Crippen LogP contribution in [0.15, 0.2) is 48.5 Å². The zero-order valence-electron chi connectivity index (χ0n) is 17.1. The fourth-order valence-electron chi connectivity index (χ4n) is 5.05. The molecule has 2 heterocycles. The number of piperazine rings is 1. The lowest BCUT2D eigenvalue weighted by Gasteiger charge is -2.35. The van der Waals surface area contributed by atoms with Crippen molar-refractivity contribution in [3.05, 3.63) is 65.2 Å². The molecule has 5 rings (SSSR count). The minimum absolute atomic E-state index is 0.152. The molecule has 0 aromatic heterocycles. The van der Waals surface area contributed by atoms with Crippen LogP contribution in [0.4, 0.5) is 10.5 Å². The second-order valence-electron chi connectivity index (χ2n) is 8.57. The quantitative estimate of drug-likeness (QED) is 0.792. The van der Waals surface area contributed by atoms with Gasteiger partial charge in [0.25, 0.3) is 0 Å². The molecular formula is C24H29N3O2. The van der Waals surface area contributed by atoms with E-state index >= 15 is 0 Å². The van der Waals surface area contributed by atoms with Gasteiger partial charge in [-0.2, -0.15) is 0 Å². The molecule has 1 unspecified atom stereocenters. The highest BCUT2D eigenvalue weighted by Gasteiger charge is 2.41. The zero-order valence-corrected chi connectivity index (χ0v) is 17.1. The molecule has 2 aromatic rings. The molecular weight excluding hydrogens is 362 g/mol. The smallest absolute Gasteiger partial charge is 0.410 e. The van der Waals surface area contributed by atoms with E-state index in [2.05, 4.69) is 35.0 Å². The third-order valence-corrected chi connectivity index (χ3v) is 6.78. The van der Waals surface area contributed by atoms with Gasteiger partial charge in [-0.25, -0.2) is 4.79 Å². The summed E-state index contributed by atoms with van der Waals surface area (Å²) in [6.07, 6.45) is 1.87. The second kappa shape index (κ2) is 7.71. The number of likely N-dealkylation sites (tertiary alicyclic amines) is 1.